The number of methoxy groups -OCH3 is 1. The molecule has 8 heteroatoms. The molecule has 32 heavy (non-hydrogen) atoms. The molecule has 2 aromatic carbocycles. The summed E-state index contributed by atoms with van der Waals surface area (Å²) in [4.78, 5) is 12.5. The van der Waals surface area contributed by atoms with Crippen LogP contribution in [0.4, 0.5) is 10.2 Å². The quantitative estimate of drug-likeness (QED) is 0.606. The van der Waals surface area contributed by atoms with Crippen molar-refractivity contribution in [2.75, 3.05) is 12.8 Å². The Morgan fingerprint density at radius 1 is 1.28 bits per heavy atom. The summed E-state index contributed by atoms with van der Waals surface area (Å²) in [5.74, 6) is -0.223. The maximum Gasteiger partial charge on any atom is 0.255 e. The van der Waals surface area contributed by atoms with Crippen molar-refractivity contribution in [3.05, 3.63) is 65.0 Å². The minimum absolute atomic E-state index is 0.135. The summed E-state index contributed by atoms with van der Waals surface area (Å²) in [7, 11) is 1.43. The van der Waals surface area contributed by atoms with Gasteiger partial charge in [0.25, 0.3) is 5.91 Å². The van der Waals surface area contributed by atoms with Gasteiger partial charge in [-0.05, 0) is 36.6 Å². The number of ether oxygens (including phenoxy) is 1. The van der Waals surface area contributed by atoms with E-state index in [0.29, 0.717) is 22.8 Å². The van der Waals surface area contributed by atoms with Crippen molar-refractivity contribution in [3.8, 4) is 23.1 Å². The number of amides is 1. The molecular weight excluding hydrogens is 409 g/mol. The maximum absolute atomic E-state index is 13.5. The highest BCUT2D eigenvalue weighted by Gasteiger charge is 2.24. The van der Waals surface area contributed by atoms with Gasteiger partial charge in [-0.2, -0.15) is 10.4 Å². The van der Waals surface area contributed by atoms with Crippen LogP contribution in [0.15, 0.2) is 42.5 Å². The predicted molar refractivity (Wildman–Crippen MR) is 118 cm³/mol. The molecular formula is C24H24FN5O2. The molecule has 0 saturated heterocycles. The number of hydrogen-bond acceptors (Lipinski definition) is 5. The predicted octanol–water partition coefficient (Wildman–Crippen LogP) is 4.20. The third-order valence-electron chi connectivity index (χ3n) is 5.82. The number of hydrogen-bond donors (Lipinski definition) is 2. The summed E-state index contributed by atoms with van der Waals surface area (Å²) in [6, 6.07) is 13.6. The first-order chi connectivity index (χ1) is 15.5. The van der Waals surface area contributed by atoms with Gasteiger partial charge in [0.1, 0.15) is 34.7 Å². The summed E-state index contributed by atoms with van der Waals surface area (Å²) in [6.45, 7) is 0.253. The van der Waals surface area contributed by atoms with Crippen LogP contribution in [0.25, 0.3) is 11.3 Å². The minimum Gasteiger partial charge on any atom is -0.496 e. The van der Waals surface area contributed by atoms with Crippen LogP contribution in [0.2, 0.25) is 0 Å². The molecule has 1 saturated carbocycles. The summed E-state index contributed by atoms with van der Waals surface area (Å²) in [6.07, 6.45) is 4.32. The molecule has 0 unspecified atom stereocenters. The number of nitriles is 1. The Morgan fingerprint density at radius 3 is 2.66 bits per heavy atom. The van der Waals surface area contributed by atoms with E-state index < -0.39 is 11.7 Å². The van der Waals surface area contributed by atoms with E-state index in [-0.39, 0.29) is 18.2 Å². The monoisotopic (exact) mass is 433 g/mol. The van der Waals surface area contributed by atoms with Gasteiger partial charge in [0.05, 0.1) is 18.7 Å². The van der Waals surface area contributed by atoms with Crippen molar-refractivity contribution in [1.82, 2.24) is 15.1 Å². The molecule has 0 bridgehead atoms. The Labute approximate surface area is 185 Å². The van der Waals surface area contributed by atoms with Gasteiger partial charge in [-0.25, -0.2) is 9.07 Å². The molecule has 1 aliphatic rings. The summed E-state index contributed by atoms with van der Waals surface area (Å²) < 4.78 is 20.5. The fraction of sp³-hybridized carbons (Fsp3) is 0.292. The molecule has 0 spiro atoms. The SMILES string of the molecule is COc1ccc(F)cc1C(=O)NCc1ccc(-c2nn(C3CCCC3)c(N)c2C#N)cc1. The second kappa shape index (κ2) is 9.10. The van der Waals surface area contributed by atoms with Crippen LogP contribution in [0.5, 0.6) is 5.75 Å². The number of benzene rings is 2. The molecule has 0 atom stereocenters. The zero-order valence-electron chi connectivity index (χ0n) is 17.8. The zero-order chi connectivity index (χ0) is 22.7. The highest BCUT2D eigenvalue weighted by Crippen LogP contribution is 2.35. The van der Waals surface area contributed by atoms with E-state index in [1.54, 1.807) is 4.68 Å². The standard InChI is InChI=1S/C24H24FN5O2/c1-32-21-11-10-17(25)12-19(21)24(31)28-14-15-6-8-16(9-7-15)22-20(13-26)23(27)30(29-22)18-4-2-3-5-18/h6-12,18H,2-5,14,27H2,1H3,(H,28,31). The number of anilines is 1. The van der Waals surface area contributed by atoms with Crippen LogP contribution >= 0.6 is 0 Å². The number of nitrogens with zero attached hydrogens (tertiary/aromatic N) is 3. The lowest BCUT2D eigenvalue weighted by atomic mass is 10.1. The van der Waals surface area contributed by atoms with Crippen molar-refractivity contribution >= 4 is 11.7 Å². The average Bonchev–Trinajstić information content (AvgIpc) is 3.45. The van der Waals surface area contributed by atoms with Gasteiger partial charge >= 0.3 is 0 Å². The molecule has 4 rings (SSSR count). The van der Waals surface area contributed by atoms with Gasteiger partial charge < -0.3 is 15.8 Å². The number of carbonyl (C=O) groups excluding carboxylic acids is 1. The molecule has 1 amide bonds. The minimum atomic E-state index is -0.509. The highest BCUT2D eigenvalue weighted by atomic mass is 19.1. The Morgan fingerprint density at radius 2 is 2.00 bits per heavy atom. The summed E-state index contributed by atoms with van der Waals surface area (Å²) >= 11 is 0. The summed E-state index contributed by atoms with van der Waals surface area (Å²) in [5.41, 5.74) is 8.94. The lowest BCUT2D eigenvalue weighted by molar-refractivity contribution is 0.0947. The molecule has 1 aromatic heterocycles. The van der Waals surface area contributed by atoms with E-state index in [1.807, 2.05) is 24.3 Å². The molecule has 3 N–H and O–H groups in total. The van der Waals surface area contributed by atoms with Crippen LogP contribution in [-0.2, 0) is 6.54 Å². The number of halogens is 1. The van der Waals surface area contributed by atoms with Crippen LogP contribution in [0.3, 0.4) is 0 Å². The van der Waals surface area contributed by atoms with E-state index in [9.17, 15) is 14.4 Å². The van der Waals surface area contributed by atoms with E-state index in [1.165, 1.54) is 19.2 Å². The lowest BCUT2D eigenvalue weighted by Crippen LogP contribution is -2.23. The third-order valence-corrected chi connectivity index (χ3v) is 5.82. The third kappa shape index (κ3) is 4.14. The van der Waals surface area contributed by atoms with Crippen LogP contribution in [0, 0.1) is 17.1 Å². The smallest absolute Gasteiger partial charge is 0.255 e. The Balaban J connectivity index is 1.50. The van der Waals surface area contributed by atoms with Crippen molar-refractivity contribution in [3.63, 3.8) is 0 Å². The number of carbonyl (C=O) groups is 1. The van der Waals surface area contributed by atoms with Gasteiger partial charge in [-0.3, -0.25) is 4.79 Å². The van der Waals surface area contributed by atoms with Gasteiger partial charge in [0, 0.05) is 12.1 Å². The number of nitrogen functional groups attached to an aromatic ring is 1. The van der Waals surface area contributed by atoms with E-state index >= 15 is 0 Å². The fourth-order valence-electron chi connectivity index (χ4n) is 4.10. The maximum atomic E-state index is 13.5. The number of nitrogens with one attached hydrogen (secondary N) is 1. The molecule has 0 aliphatic heterocycles. The zero-order valence-corrected chi connectivity index (χ0v) is 17.8. The number of nitrogens with two attached hydrogens (primary N) is 1. The van der Waals surface area contributed by atoms with Gasteiger partial charge in [-0.1, -0.05) is 37.1 Å². The van der Waals surface area contributed by atoms with Crippen molar-refractivity contribution < 1.29 is 13.9 Å². The van der Waals surface area contributed by atoms with Crippen LogP contribution in [0.1, 0.15) is 53.2 Å². The van der Waals surface area contributed by atoms with E-state index in [0.717, 1.165) is 42.9 Å². The summed E-state index contributed by atoms with van der Waals surface area (Å²) in [5, 5.41) is 17.0. The second-order valence-electron chi connectivity index (χ2n) is 7.83. The second-order valence-corrected chi connectivity index (χ2v) is 7.83. The molecule has 7 nitrogen and oxygen atoms in total. The molecule has 1 heterocycles. The molecule has 0 radical (unpaired) electrons. The molecule has 1 fully saturated rings. The molecule has 1 aliphatic carbocycles. The Bertz CT molecular complexity index is 1170. The Kier molecular flexibility index (Phi) is 6.08. The topological polar surface area (TPSA) is 106 Å². The largest absolute Gasteiger partial charge is 0.496 e. The van der Waals surface area contributed by atoms with Gasteiger partial charge in [0.2, 0.25) is 0 Å². The average molecular weight is 433 g/mol. The fourth-order valence-corrected chi connectivity index (χ4v) is 4.10. The normalized spacial score (nSPS) is 13.7. The van der Waals surface area contributed by atoms with E-state index in [4.69, 9.17) is 10.5 Å². The first-order valence-electron chi connectivity index (χ1n) is 10.5. The van der Waals surface area contributed by atoms with Crippen LogP contribution in [-0.4, -0.2) is 22.8 Å². The number of aromatic nitrogens is 2. The lowest BCUT2D eigenvalue weighted by Gasteiger charge is -2.11. The van der Waals surface area contributed by atoms with Crippen LogP contribution < -0.4 is 15.8 Å². The van der Waals surface area contributed by atoms with Crippen molar-refractivity contribution in [2.45, 2.75) is 38.3 Å². The Hall–Kier alpha value is -3.86. The van der Waals surface area contributed by atoms with Gasteiger partial charge in [0.15, 0.2) is 0 Å². The molecule has 3 aromatic rings. The first-order valence-corrected chi connectivity index (χ1v) is 10.5. The highest BCUT2D eigenvalue weighted by molar-refractivity contribution is 5.96. The number of rotatable bonds is 6. The van der Waals surface area contributed by atoms with Crippen molar-refractivity contribution in [2.24, 2.45) is 0 Å². The molecule has 164 valence electrons. The van der Waals surface area contributed by atoms with E-state index in [2.05, 4.69) is 16.5 Å². The van der Waals surface area contributed by atoms with Gasteiger partial charge in [-0.15, -0.1) is 0 Å². The van der Waals surface area contributed by atoms with Crippen molar-refractivity contribution in [1.29, 1.82) is 5.26 Å². The first kappa shape index (κ1) is 21.4.